The van der Waals surface area contributed by atoms with Gasteiger partial charge in [-0.05, 0) is 15.9 Å². The summed E-state index contributed by atoms with van der Waals surface area (Å²) < 4.78 is 2.24. The Bertz CT molecular complexity index is 514. The summed E-state index contributed by atoms with van der Waals surface area (Å²) in [7, 11) is 1.73. The number of Topliss-reactive ketones (excluding diaryl/α,β-unsaturated/α-hetero) is 1. The number of ketones is 1. The molecule has 0 aliphatic rings. The fourth-order valence-electron chi connectivity index (χ4n) is 1.38. The molecular weight excluding hydrogens is 292 g/mol. The third kappa shape index (κ3) is 2.14. The highest BCUT2D eigenvalue weighted by molar-refractivity contribution is 9.10. The van der Waals surface area contributed by atoms with Crippen LogP contribution in [0, 0.1) is 0 Å². The Balaban J connectivity index is 2.21. The molecule has 0 aliphatic heterocycles. The maximum atomic E-state index is 12.0. The minimum Gasteiger partial charge on any atom is -0.375 e. The van der Waals surface area contributed by atoms with E-state index in [1.165, 1.54) is 11.3 Å². The predicted molar refractivity (Wildman–Crippen MR) is 65.5 cm³/mol. The van der Waals surface area contributed by atoms with E-state index in [4.69, 9.17) is 5.73 Å². The molecule has 0 radical (unpaired) electrons. The molecule has 2 rings (SSSR count). The van der Waals surface area contributed by atoms with Gasteiger partial charge in [-0.3, -0.25) is 9.48 Å². The van der Waals surface area contributed by atoms with Crippen molar-refractivity contribution in [1.82, 2.24) is 14.8 Å². The van der Waals surface area contributed by atoms with Crippen molar-refractivity contribution in [2.45, 2.75) is 6.42 Å². The first-order valence-corrected chi connectivity index (χ1v) is 6.15. The van der Waals surface area contributed by atoms with E-state index in [-0.39, 0.29) is 12.2 Å². The van der Waals surface area contributed by atoms with Crippen LogP contribution >= 0.6 is 27.3 Å². The molecule has 0 saturated heterocycles. The van der Waals surface area contributed by atoms with E-state index in [0.717, 1.165) is 0 Å². The molecule has 2 aromatic heterocycles. The molecule has 0 atom stereocenters. The van der Waals surface area contributed by atoms with E-state index in [0.29, 0.717) is 21.0 Å². The molecular formula is C9H9BrN4OS. The summed E-state index contributed by atoms with van der Waals surface area (Å²) in [6, 6.07) is 0. The summed E-state index contributed by atoms with van der Waals surface area (Å²) in [6.45, 7) is 0. The second kappa shape index (κ2) is 4.34. The normalized spacial score (nSPS) is 10.6. The third-order valence-electron chi connectivity index (χ3n) is 2.07. The zero-order chi connectivity index (χ0) is 11.7. The molecule has 0 aromatic carbocycles. The van der Waals surface area contributed by atoms with Crippen LogP contribution in [0.4, 0.5) is 5.13 Å². The Morgan fingerprint density at radius 2 is 2.44 bits per heavy atom. The fraction of sp³-hybridized carbons (Fsp3) is 0.222. The van der Waals surface area contributed by atoms with Crippen LogP contribution in [-0.2, 0) is 13.5 Å². The lowest BCUT2D eigenvalue weighted by Crippen LogP contribution is -2.10. The minimum atomic E-state index is -0.0304. The fourth-order valence-corrected chi connectivity index (χ4v) is 2.51. The number of nitrogens with zero attached hydrogens (tertiary/aromatic N) is 3. The summed E-state index contributed by atoms with van der Waals surface area (Å²) in [6.07, 6.45) is 1.84. The number of aryl methyl sites for hydroxylation is 1. The van der Waals surface area contributed by atoms with Crippen molar-refractivity contribution in [2.75, 3.05) is 5.73 Å². The molecule has 2 N–H and O–H groups in total. The third-order valence-corrected chi connectivity index (χ3v) is 3.37. The van der Waals surface area contributed by atoms with Crippen LogP contribution in [0.5, 0.6) is 0 Å². The number of nitrogens with two attached hydrogens (primary N) is 1. The van der Waals surface area contributed by atoms with Crippen molar-refractivity contribution in [1.29, 1.82) is 0 Å². The largest absolute Gasteiger partial charge is 0.375 e. The van der Waals surface area contributed by atoms with Crippen molar-refractivity contribution >= 4 is 38.2 Å². The lowest BCUT2D eigenvalue weighted by Gasteiger charge is -2.00. The molecule has 0 spiro atoms. The molecule has 0 fully saturated rings. The second-order valence-electron chi connectivity index (χ2n) is 3.24. The van der Waals surface area contributed by atoms with Crippen molar-refractivity contribution < 1.29 is 4.79 Å². The van der Waals surface area contributed by atoms with Crippen molar-refractivity contribution in [3.8, 4) is 0 Å². The van der Waals surface area contributed by atoms with Crippen LogP contribution in [0.1, 0.15) is 16.2 Å². The number of nitrogen functional groups attached to an aromatic ring is 1. The first-order chi connectivity index (χ1) is 7.58. The zero-order valence-corrected chi connectivity index (χ0v) is 10.9. The molecule has 5 nitrogen and oxygen atoms in total. The molecule has 0 bridgehead atoms. The summed E-state index contributed by atoms with van der Waals surface area (Å²) in [5, 5.41) is 6.26. The second-order valence-corrected chi connectivity index (χ2v) is 4.99. The number of thiazole rings is 1. The number of carbonyl (C=O) groups excluding carboxylic acids is 1. The molecule has 0 saturated carbocycles. The Morgan fingerprint density at radius 3 is 2.94 bits per heavy atom. The zero-order valence-electron chi connectivity index (χ0n) is 8.48. The SMILES string of the molecule is Cn1ncc(Br)c1C(=O)Cc1csc(N)n1. The number of aromatic nitrogens is 3. The van der Waals surface area contributed by atoms with E-state index < -0.39 is 0 Å². The van der Waals surface area contributed by atoms with Gasteiger partial charge in [0, 0.05) is 12.4 Å². The summed E-state index contributed by atoms with van der Waals surface area (Å²) in [4.78, 5) is 16.0. The highest BCUT2D eigenvalue weighted by Gasteiger charge is 2.16. The highest BCUT2D eigenvalue weighted by Crippen LogP contribution is 2.18. The minimum absolute atomic E-state index is 0.0304. The van der Waals surface area contributed by atoms with E-state index in [9.17, 15) is 4.79 Å². The van der Waals surface area contributed by atoms with Gasteiger partial charge < -0.3 is 5.73 Å². The van der Waals surface area contributed by atoms with Crippen LogP contribution < -0.4 is 5.73 Å². The molecule has 84 valence electrons. The number of rotatable bonds is 3. The van der Waals surface area contributed by atoms with E-state index >= 15 is 0 Å². The molecule has 0 unspecified atom stereocenters. The smallest absolute Gasteiger partial charge is 0.187 e. The standard InChI is InChI=1S/C9H9BrN4OS/c1-14-8(6(10)3-12-14)7(15)2-5-4-16-9(11)13-5/h3-4H,2H2,1H3,(H2,11,13). The number of hydrogen-bond donors (Lipinski definition) is 1. The lowest BCUT2D eigenvalue weighted by molar-refractivity contribution is 0.0982. The first kappa shape index (κ1) is 11.3. The van der Waals surface area contributed by atoms with E-state index in [2.05, 4.69) is 26.0 Å². The van der Waals surface area contributed by atoms with Gasteiger partial charge in [0.1, 0.15) is 5.69 Å². The number of carbonyl (C=O) groups is 1. The maximum Gasteiger partial charge on any atom is 0.187 e. The van der Waals surface area contributed by atoms with Gasteiger partial charge in [0.05, 0.1) is 22.8 Å². The number of anilines is 1. The summed E-state index contributed by atoms with van der Waals surface area (Å²) in [5.41, 5.74) is 6.74. The molecule has 7 heteroatoms. The van der Waals surface area contributed by atoms with Crippen molar-refractivity contribution in [3.63, 3.8) is 0 Å². The van der Waals surface area contributed by atoms with Crippen LogP contribution in [-0.4, -0.2) is 20.5 Å². The van der Waals surface area contributed by atoms with E-state index in [1.54, 1.807) is 23.3 Å². The topological polar surface area (TPSA) is 73.8 Å². The highest BCUT2D eigenvalue weighted by atomic mass is 79.9. The van der Waals surface area contributed by atoms with Gasteiger partial charge in [0.2, 0.25) is 0 Å². The van der Waals surface area contributed by atoms with Gasteiger partial charge in [-0.1, -0.05) is 0 Å². The molecule has 16 heavy (non-hydrogen) atoms. The first-order valence-electron chi connectivity index (χ1n) is 4.48. The Hall–Kier alpha value is -1.21. The van der Waals surface area contributed by atoms with Gasteiger partial charge in [-0.2, -0.15) is 5.10 Å². The molecule has 0 amide bonds. The van der Waals surface area contributed by atoms with Gasteiger partial charge in [0.25, 0.3) is 0 Å². The summed E-state index contributed by atoms with van der Waals surface area (Å²) >= 11 is 4.62. The Morgan fingerprint density at radius 1 is 1.69 bits per heavy atom. The predicted octanol–water partition coefficient (Wildman–Crippen LogP) is 1.65. The van der Waals surface area contributed by atoms with Crippen molar-refractivity contribution in [3.05, 3.63) is 27.4 Å². The maximum absolute atomic E-state index is 12.0. The van der Waals surface area contributed by atoms with Crippen molar-refractivity contribution in [2.24, 2.45) is 7.05 Å². The van der Waals surface area contributed by atoms with Gasteiger partial charge in [-0.25, -0.2) is 4.98 Å². The summed E-state index contributed by atoms with van der Waals surface area (Å²) in [5.74, 6) is -0.0304. The molecule has 2 heterocycles. The Kier molecular flexibility index (Phi) is 3.06. The van der Waals surface area contributed by atoms with Gasteiger partial charge in [0.15, 0.2) is 10.9 Å². The number of halogens is 1. The number of hydrogen-bond acceptors (Lipinski definition) is 5. The average molecular weight is 301 g/mol. The van der Waals surface area contributed by atoms with Gasteiger partial charge >= 0.3 is 0 Å². The molecule has 0 aliphatic carbocycles. The Labute approximate surface area is 104 Å². The lowest BCUT2D eigenvalue weighted by atomic mass is 10.2. The van der Waals surface area contributed by atoms with Gasteiger partial charge in [-0.15, -0.1) is 11.3 Å². The monoisotopic (exact) mass is 300 g/mol. The average Bonchev–Trinajstić information content (AvgIpc) is 2.74. The van der Waals surface area contributed by atoms with Crippen LogP contribution in [0.2, 0.25) is 0 Å². The van der Waals surface area contributed by atoms with Crippen LogP contribution in [0.25, 0.3) is 0 Å². The molecule has 2 aromatic rings. The van der Waals surface area contributed by atoms with E-state index in [1.807, 2.05) is 0 Å². The quantitative estimate of drug-likeness (QED) is 0.875. The van der Waals surface area contributed by atoms with Crippen LogP contribution in [0.15, 0.2) is 16.0 Å². The van der Waals surface area contributed by atoms with Crippen LogP contribution in [0.3, 0.4) is 0 Å².